The number of carbonyl (C=O) groups is 2. The van der Waals surface area contributed by atoms with Crippen LogP contribution in [-0.2, 0) is 0 Å². The van der Waals surface area contributed by atoms with E-state index >= 15 is 0 Å². The van der Waals surface area contributed by atoms with Gasteiger partial charge in [0.2, 0.25) is 0 Å². The third-order valence-electron chi connectivity index (χ3n) is 1.84. The quantitative estimate of drug-likeness (QED) is 0.669. The zero-order valence-electron chi connectivity index (χ0n) is 8.52. The number of carboxylic acids is 1. The highest BCUT2D eigenvalue weighted by molar-refractivity contribution is 6.02. The van der Waals surface area contributed by atoms with Crippen molar-refractivity contribution in [3.05, 3.63) is 17.7 Å². The summed E-state index contributed by atoms with van der Waals surface area (Å²) >= 11 is 0. The molecule has 0 aliphatic rings. The number of carboxylic acid groups (broad SMARTS) is 1. The molecule has 3 N–H and O–H groups in total. The van der Waals surface area contributed by atoms with Gasteiger partial charge in [-0.2, -0.15) is 5.26 Å². The van der Waals surface area contributed by atoms with Crippen molar-refractivity contribution in [2.24, 2.45) is 0 Å². The standard InChI is InChI=1S/C9H10N4O3/c1-5(2-3-10)13-8(14)6-7(9(15)16)12-4-11-6/h4-5H,2H2,1H3,(H,11,12)(H,13,14)(H,15,16). The normalized spacial score (nSPS) is 11.5. The Hall–Kier alpha value is -2.36. The fourth-order valence-corrected chi connectivity index (χ4v) is 1.11. The van der Waals surface area contributed by atoms with Gasteiger partial charge in [-0.3, -0.25) is 4.79 Å². The number of hydrogen-bond acceptors (Lipinski definition) is 4. The summed E-state index contributed by atoms with van der Waals surface area (Å²) in [6, 6.07) is 1.55. The van der Waals surface area contributed by atoms with Gasteiger partial charge in [0.15, 0.2) is 11.4 Å². The highest BCUT2D eigenvalue weighted by atomic mass is 16.4. The van der Waals surface area contributed by atoms with Crippen molar-refractivity contribution in [3.63, 3.8) is 0 Å². The molecule has 0 aromatic carbocycles. The summed E-state index contributed by atoms with van der Waals surface area (Å²) in [5.74, 6) is -1.86. The number of carbonyl (C=O) groups excluding carboxylic acids is 1. The van der Waals surface area contributed by atoms with Crippen molar-refractivity contribution < 1.29 is 14.7 Å². The number of aromatic nitrogens is 2. The Morgan fingerprint density at radius 2 is 2.44 bits per heavy atom. The summed E-state index contributed by atoms with van der Waals surface area (Å²) in [5, 5.41) is 19.6. The van der Waals surface area contributed by atoms with E-state index in [1.807, 2.05) is 6.07 Å². The molecular weight excluding hydrogens is 212 g/mol. The van der Waals surface area contributed by atoms with Gasteiger partial charge in [0, 0.05) is 6.04 Å². The molecule has 1 aromatic rings. The lowest BCUT2D eigenvalue weighted by molar-refractivity contribution is 0.0684. The van der Waals surface area contributed by atoms with Gasteiger partial charge >= 0.3 is 5.97 Å². The summed E-state index contributed by atoms with van der Waals surface area (Å²) in [5.41, 5.74) is -0.445. The first kappa shape index (κ1) is 11.7. The number of H-pyrrole nitrogens is 1. The highest BCUT2D eigenvalue weighted by Crippen LogP contribution is 2.03. The zero-order valence-corrected chi connectivity index (χ0v) is 8.52. The van der Waals surface area contributed by atoms with Crippen LogP contribution in [0.4, 0.5) is 0 Å². The van der Waals surface area contributed by atoms with Crippen LogP contribution in [0.15, 0.2) is 6.33 Å². The van der Waals surface area contributed by atoms with Crippen LogP contribution in [0.5, 0.6) is 0 Å². The second-order valence-electron chi connectivity index (χ2n) is 3.17. The van der Waals surface area contributed by atoms with Gasteiger partial charge in [0.25, 0.3) is 5.91 Å². The van der Waals surface area contributed by atoms with E-state index in [1.54, 1.807) is 6.92 Å². The van der Waals surface area contributed by atoms with E-state index in [-0.39, 0.29) is 23.9 Å². The molecule has 7 nitrogen and oxygen atoms in total. The molecule has 7 heteroatoms. The van der Waals surface area contributed by atoms with Gasteiger partial charge in [-0.1, -0.05) is 0 Å². The van der Waals surface area contributed by atoms with Crippen molar-refractivity contribution in [1.29, 1.82) is 5.26 Å². The maximum atomic E-state index is 11.5. The average Bonchev–Trinajstić information content (AvgIpc) is 2.65. The SMILES string of the molecule is CC(CC#N)NC(=O)c1nc[nH]c1C(=O)O. The van der Waals surface area contributed by atoms with Crippen molar-refractivity contribution in [3.8, 4) is 6.07 Å². The predicted octanol–water partition coefficient (Wildman–Crippen LogP) is 0.140. The van der Waals surface area contributed by atoms with Crippen molar-refractivity contribution >= 4 is 11.9 Å². The first-order valence-electron chi connectivity index (χ1n) is 4.50. The predicted molar refractivity (Wildman–Crippen MR) is 52.7 cm³/mol. The molecule has 16 heavy (non-hydrogen) atoms. The second kappa shape index (κ2) is 4.93. The fourth-order valence-electron chi connectivity index (χ4n) is 1.11. The average molecular weight is 222 g/mol. The molecule has 1 heterocycles. The number of aromatic carboxylic acids is 1. The Bertz CT molecular complexity index is 446. The van der Waals surface area contributed by atoms with Crippen molar-refractivity contribution in [2.45, 2.75) is 19.4 Å². The van der Waals surface area contributed by atoms with E-state index < -0.39 is 11.9 Å². The monoisotopic (exact) mass is 222 g/mol. The number of nitrogens with one attached hydrogen (secondary N) is 2. The van der Waals surface area contributed by atoms with Crippen LogP contribution in [0.2, 0.25) is 0 Å². The molecule has 0 saturated carbocycles. The fraction of sp³-hybridized carbons (Fsp3) is 0.333. The summed E-state index contributed by atoms with van der Waals surface area (Å²) in [6.07, 6.45) is 1.28. The Morgan fingerprint density at radius 1 is 1.75 bits per heavy atom. The maximum Gasteiger partial charge on any atom is 0.354 e. The van der Waals surface area contributed by atoms with Gasteiger partial charge in [-0.25, -0.2) is 9.78 Å². The van der Waals surface area contributed by atoms with Gasteiger partial charge in [-0.15, -0.1) is 0 Å². The van der Waals surface area contributed by atoms with E-state index in [9.17, 15) is 9.59 Å². The number of rotatable bonds is 4. The van der Waals surface area contributed by atoms with E-state index in [0.29, 0.717) is 0 Å². The van der Waals surface area contributed by atoms with Crippen LogP contribution in [-0.4, -0.2) is 33.0 Å². The highest BCUT2D eigenvalue weighted by Gasteiger charge is 2.20. The van der Waals surface area contributed by atoms with Crippen LogP contribution < -0.4 is 5.32 Å². The largest absolute Gasteiger partial charge is 0.477 e. The minimum atomic E-state index is -1.25. The lowest BCUT2D eigenvalue weighted by Crippen LogP contribution is -2.33. The lowest BCUT2D eigenvalue weighted by atomic mass is 10.2. The van der Waals surface area contributed by atoms with E-state index in [1.165, 1.54) is 0 Å². The molecule has 1 aromatic heterocycles. The molecule has 0 radical (unpaired) electrons. The van der Waals surface area contributed by atoms with E-state index in [4.69, 9.17) is 10.4 Å². The molecule has 0 aliphatic carbocycles. The van der Waals surface area contributed by atoms with Crippen molar-refractivity contribution in [2.75, 3.05) is 0 Å². The third-order valence-corrected chi connectivity index (χ3v) is 1.84. The lowest BCUT2D eigenvalue weighted by Gasteiger charge is -2.08. The van der Waals surface area contributed by atoms with Gasteiger partial charge < -0.3 is 15.4 Å². The molecule has 1 amide bonds. The zero-order chi connectivity index (χ0) is 12.1. The molecule has 1 rings (SSSR count). The minimum Gasteiger partial charge on any atom is -0.477 e. The Kier molecular flexibility index (Phi) is 3.61. The molecule has 84 valence electrons. The first-order chi connectivity index (χ1) is 7.56. The molecule has 0 saturated heterocycles. The number of aromatic amines is 1. The molecule has 0 aliphatic heterocycles. The van der Waals surface area contributed by atoms with Crippen LogP contribution in [0.1, 0.15) is 34.3 Å². The van der Waals surface area contributed by atoms with Gasteiger partial charge in [0.1, 0.15) is 0 Å². The number of nitrogens with zero attached hydrogens (tertiary/aromatic N) is 2. The van der Waals surface area contributed by atoms with Crippen LogP contribution in [0.3, 0.4) is 0 Å². The van der Waals surface area contributed by atoms with Crippen LogP contribution >= 0.6 is 0 Å². The summed E-state index contributed by atoms with van der Waals surface area (Å²) in [6.45, 7) is 1.65. The van der Waals surface area contributed by atoms with Crippen LogP contribution in [0.25, 0.3) is 0 Å². The second-order valence-corrected chi connectivity index (χ2v) is 3.17. The number of hydrogen-bond donors (Lipinski definition) is 3. The molecular formula is C9H10N4O3. The van der Waals surface area contributed by atoms with Gasteiger partial charge in [0.05, 0.1) is 18.8 Å². The summed E-state index contributed by atoms with van der Waals surface area (Å²) < 4.78 is 0. The number of imidazole rings is 1. The molecule has 1 unspecified atom stereocenters. The minimum absolute atomic E-state index is 0.151. The smallest absolute Gasteiger partial charge is 0.354 e. The Labute approximate surface area is 91.1 Å². The summed E-state index contributed by atoms with van der Waals surface area (Å²) in [7, 11) is 0. The molecule has 1 atom stereocenters. The molecule has 0 spiro atoms. The van der Waals surface area contributed by atoms with E-state index in [0.717, 1.165) is 6.33 Å². The summed E-state index contributed by atoms with van der Waals surface area (Å²) in [4.78, 5) is 28.2. The Morgan fingerprint density at radius 3 is 3.00 bits per heavy atom. The molecule has 0 bridgehead atoms. The Balaban J connectivity index is 2.78. The topological polar surface area (TPSA) is 119 Å². The third kappa shape index (κ3) is 2.57. The van der Waals surface area contributed by atoms with Crippen molar-refractivity contribution in [1.82, 2.24) is 15.3 Å². The maximum absolute atomic E-state index is 11.5. The first-order valence-corrected chi connectivity index (χ1v) is 4.50. The molecule has 0 fully saturated rings. The van der Waals surface area contributed by atoms with Gasteiger partial charge in [-0.05, 0) is 6.92 Å². The number of nitriles is 1. The van der Waals surface area contributed by atoms with E-state index in [2.05, 4.69) is 15.3 Å². The van der Waals surface area contributed by atoms with Crippen LogP contribution in [0, 0.1) is 11.3 Å². The number of amides is 1.